The molecule has 1 aliphatic heterocycles. The van der Waals surface area contributed by atoms with Gasteiger partial charge in [-0.05, 0) is 32.9 Å². The summed E-state index contributed by atoms with van der Waals surface area (Å²) in [6, 6.07) is 0. The van der Waals surface area contributed by atoms with Crippen LogP contribution in [-0.2, 0) is 4.74 Å². The van der Waals surface area contributed by atoms with Crippen molar-refractivity contribution in [3.05, 3.63) is 0 Å². The van der Waals surface area contributed by atoms with Gasteiger partial charge in [-0.3, -0.25) is 4.99 Å². The summed E-state index contributed by atoms with van der Waals surface area (Å²) in [6.07, 6.45) is 3.88. The number of thioether (sulfide) groups is 1. The average molecular weight is 431 g/mol. The predicted octanol–water partition coefficient (Wildman–Crippen LogP) is 1.70. The van der Waals surface area contributed by atoms with E-state index < -0.39 is 0 Å². The molecular formula is C14H30IN3O2S. The largest absolute Gasteiger partial charge is 0.396 e. The van der Waals surface area contributed by atoms with Gasteiger partial charge in [0.1, 0.15) is 0 Å². The lowest BCUT2D eigenvalue weighted by Crippen LogP contribution is -2.47. The van der Waals surface area contributed by atoms with Gasteiger partial charge in [-0.2, -0.15) is 11.8 Å². The van der Waals surface area contributed by atoms with Crippen LogP contribution in [0.2, 0.25) is 0 Å². The smallest absolute Gasteiger partial charge is 0.191 e. The van der Waals surface area contributed by atoms with Crippen molar-refractivity contribution < 1.29 is 9.84 Å². The molecule has 126 valence electrons. The molecule has 5 nitrogen and oxygen atoms in total. The fraction of sp³-hybridized carbons (Fsp3) is 0.929. The topological polar surface area (TPSA) is 65.9 Å². The first-order valence-corrected chi connectivity index (χ1v) is 8.38. The van der Waals surface area contributed by atoms with Crippen LogP contribution in [0.15, 0.2) is 4.99 Å². The van der Waals surface area contributed by atoms with Gasteiger partial charge in [0.15, 0.2) is 5.96 Å². The molecule has 0 aromatic carbocycles. The van der Waals surface area contributed by atoms with Gasteiger partial charge in [0, 0.05) is 43.5 Å². The molecule has 0 aliphatic carbocycles. The number of hydrogen-bond donors (Lipinski definition) is 3. The van der Waals surface area contributed by atoms with Crippen molar-refractivity contribution in [2.75, 3.05) is 46.2 Å². The molecule has 1 atom stereocenters. The zero-order valence-corrected chi connectivity index (χ0v) is 16.7. The summed E-state index contributed by atoms with van der Waals surface area (Å²) in [5, 5.41) is 16.0. The number of halogens is 1. The molecule has 1 saturated heterocycles. The molecule has 0 bridgehead atoms. The molecule has 0 radical (unpaired) electrons. The van der Waals surface area contributed by atoms with E-state index in [1.54, 1.807) is 7.05 Å². The molecule has 3 N–H and O–H groups in total. The Morgan fingerprint density at radius 3 is 2.62 bits per heavy atom. The number of ether oxygens (including phenoxy) is 1. The highest BCUT2D eigenvalue weighted by Crippen LogP contribution is 2.31. The van der Waals surface area contributed by atoms with Gasteiger partial charge in [0.2, 0.25) is 0 Å². The Labute approximate surface area is 150 Å². The number of aliphatic hydroxyl groups excluding tert-OH is 1. The molecule has 1 aliphatic rings. The monoisotopic (exact) mass is 431 g/mol. The van der Waals surface area contributed by atoms with Crippen LogP contribution in [0.25, 0.3) is 0 Å². The Morgan fingerprint density at radius 1 is 1.43 bits per heavy atom. The fourth-order valence-corrected chi connectivity index (χ4v) is 2.39. The number of aliphatic hydroxyl groups is 1. The van der Waals surface area contributed by atoms with Gasteiger partial charge < -0.3 is 20.5 Å². The third-order valence-electron chi connectivity index (χ3n) is 3.92. The molecule has 7 heteroatoms. The van der Waals surface area contributed by atoms with Gasteiger partial charge in [-0.15, -0.1) is 24.0 Å². The maximum absolute atomic E-state index is 9.22. The van der Waals surface area contributed by atoms with Crippen molar-refractivity contribution in [1.82, 2.24) is 10.6 Å². The number of rotatable bonds is 7. The van der Waals surface area contributed by atoms with Crippen LogP contribution in [0.5, 0.6) is 0 Å². The van der Waals surface area contributed by atoms with E-state index in [0.717, 1.165) is 38.5 Å². The van der Waals surface area contributed by atoms with E-state index in [4.69, 9.17) is 4.74 Å². The van der Waals surface area contributed by atoms with Crippen LogP contribution in [-0.4, -0.2) is 62.0 Å². The van der Waals surface area contributed by atoms with Gasteiger partial charge >= 0.3 is 0 Å². The second kappa shape index (κ2) is 10.1. The zero-order chi connectivity index (χ0) is 15.1. The Hall–Kier alpha value is 0.270. The number of nitrogens with one attached hydrogen (secondary N) is 2. The van der Waals surface area contributed by atoms with Crippen molar-refractivity contribution >= 4 is 41.7 Å². The highest BCUT2D eigenvalue weighted by Gasteiger charge is 2.34. The Kier molecular flexibility index (Phi) is 10.3. The third kappa shape index (κ3) is 7.38. The van der Waals surface area contributed by atoms with Gasteiger partial charge in [0.05, 0.1) is 6.61 Å². The molecule has 0 amide bonds. The lowest BCUT2D eigenvalue weighted by atomic mass is 9.84. The second-order valence-corrected chi connectivity index (χ2v) is 7.53. The summed E-state index contributed by atoms with van der Waals surface area (Å²) in [7, 11) is 1.78. The van der Waals surface area contributed by atoms with Gasteiger partial charge in [-0.25, -0.2) is 0 Å². The van der Waals surface area contributed by atoms with Crippen LogP contribution in [0, 0.1) is 5.41 Å². The second-order valence-electron chi connectivity index (χ2n) is 6.02. The van der Waals surface area contributed by atoms with E-state index >= 15 is 0 Å². The summed E-state index contributed by atoms with van der Waals surface area (Å²) in [6.45, 7) is 7.76. The fourth-order valence-electron chi connectivity index (χ4n) is 2.17. The summed E-state index contributed by atoms with van der Waals surface area (Å²) < 4.78 is 5.67. The summed E-state index contributed by atoms with van der Waals surface area (Å²) in [5.74, 6) is 0.816. The minimum atomic E-state index is 0. The molecule has 0 spiro atoms. The van der Waals surface area contributed by atoms with Crippen molar-refractivity contribution in [3.63, 3.8) is 0 Å². The average Bonchev–Trinajstić information content (AvgIpc) is 2.88. The Morgan fingerprint density at radius 2 is 2.14 bits per heavy atom. The van der Waals surface area contributed by atoms with Crippen LogP contribution < -0.4 is 10.6 Å². The number of hydrogen-bond acceptors (Lipinski definition) is 4. The first-order valence-electron chi connectivity index (χ1n) is 7.15. The number of aliphatic imine (C=N–C) groups is 1. The van der Waals surface area contributed by atoms with Crippen LogP contribution >= 0.6 is 35.7 Å². The number of guanidine groups is 1. The van der Waals surface area contributed by atoms with E-state index in [1.165, 1.54) is 0 Å². The highest BCUT2D eigenvalue weighted by molar-refractivity contribution is 14.0. The van der Waals surface area contributed by atoms with Gasteiger partial charge in [-0.1, -0.05) is 0 Å². The molecule has 0 aromatic heterocycles. The SMILES string of the molecule is CN=C(NCC1(CCO)CCOC1)NCC(C)(C)SC.I. The first kappa shape index (κ1) is 21.3. The first-order chi connectivity index (χ1) is 9.47. The zero-order valence-electron chi connectivity index (χ0n) is 13.6. The third-order valence-corrected chi connectivity index (χ3v) is 5.17. The van der Waals surface area contributed by atoms with Crippen LogP contribution in [0.4, 0.5) is 0 Å². The van der Waals surface area contributed by atoms with Crippen molar-refractivity contribution in [1.29, 1.82) is 0 Å². The summed E-state index contributed by atoms with van der Waals surface area (Å²) in [5.41, 5.74) is 0.0430. The van der Waals surface area contributed by atoms with E-state index in [0.29, 0.717) is 6.61 Å². The maximum Gasteiger partial charge on any atom is 0.191 e. The van der Waals surface area contributed by atoms with Crippen LogP contribution in [0.3, 0.4) is 0 Å². The lowest BCUT2D eigenvalue weighted by molar-refractivity contribution is 0.127. The van der Waals surface area contributed by atoms with Gasteiger partial charge in [0.25, 0.3) is 0 Å². The molecule has 1 heterocycles. The van der Waals surface area contributed by atoms with E-state index in [1.807, 2.05) is 11.8 Å². The van der Waals surface area contributed by atoms with Crippen molar-refractivity contribution in [3.8, 4) is 0 Å². The quantitative estimate of drug-likeness (QED) is 0.325. The van der Waals surface area contributed by atoms with Crippen molar-refractivity contribution in [2.24, 2.45) is 10.4 Å². The minimum absolute atomic E-state index is 0. The molecule has 0 aromatic rings. The maximum atomic E-state index is 9.22. The summed E-state index contributed by atoms with van der Waals surface area (Å²) >= 11 is 1.83. The molecular weight excluding hydrogens is 401 g/mol. The predicted molar refractivity (Wildman–Crippen MR) is 102 cm³/mol. The molecule has 21 heavy (non-hydrogen) atoms. The van der Waals surface area contributed by atoms with E-state index in [9.17, 15) is 5.11 Å². The molecule has 0 saturated carbocycles. The van der Waals surface area contributed by atoms with Crippen LogP contribution in [0.1, 0.15) is 26.7 Å². The number of nitrogens with zero attached hydrogens (tertiary/aromatic N) is 1. The Bertz CT molecular complexity index is 321. The van der Waals surface area contributed by atoms with E-state index in [-0.39, 0.29) is 40.7 Å². The van der Waals surface area contributed by atoms with E-state index in [2.05, 4.69) is 35.7 Å². The normalized spacial score (nSPS) is 22.8. The lowest BCUT2D eigenvalue weighted by Gasteiger charge is -2.29. The molecule has 1 rings (SSSR count). The highest BCUT2D eigenvalue weighted by atomic mass is 127. The van der Waals surface area contributed by atoms with Crippen molar-refractivity contribution in [2.45, 2.75) is 31.4 Å². The molecule has 1 unspecified atom stereocenters. The standard InChI is InChI=1S/C14H29N3O2S.HI/c1-13(2,20-4)9-16-12(15-3)17-10-14(5-7-18)6-8-19-11-14;/h18H,5-11H2,1-4H3,(H2,15,16,17);1H. The minimum Gasteiger partial charge on any atom is -0.396 e. The molecule has 1 fully saturated rings. The Balaban J connectivity index is 0.00000400. The summed E-state index contributed by atoms with van der Waals surface area (Å²) in [4.78, 5) is 4.26.